The first-order chi connectivity index (χ1) is 9.36. The minimum atomic E-state index is -3.71. The lowest BCUT2D eigenvalue weighted by atomic mass is 10.1. The summed E-state index contributed by atoms with van der Waals surface area (Å²) >= 11 is 0. The van der Waals surface area contributed by atoms with E-state index < -0.39 is 10.0 Å². The Morgan fingerprint density at radius 1 is 1.05 bits per heavy atom. The van der Waals surface area contributed by atoms with E-state index in [0.717, 1.165) is 11.1 Å². The molecule has 0 spiro atoms. The number of nitrogens with two attached hydrogens (primary N) is 1. The molecule has 0 saturated heterocycles. The molecule has 0 heterocycles. The van der Waals surface area contributed by atoms with Gasteiger partial charge in [-0.2, -0.15) is 0 Å². The zero-order valence-corrected chi connectivity index (χ0v) is 11.6. The fraction of sp³-hybridized carbons (Fsp3) is 0.0714. The van der Waals surface area contributed by atoms with E-state index in [2.05, 4.69) is 5.32 Å². The van der Waals surface area contributed by atoms with Gasteiger partial charge in [-0.1, -0.05) is 24.3 Å². The zero-order chi connectivity index (χ0) is 14.8. The number of carbonyl (C=O) groups excluding carboxylic acids is 1. The molecule has 0 aliphatic heterocycles. The average Bonchev–Trinajstić information content (AvgIpc) is 2.38. The molecule has 0 atom stereocenters. The van der Waals surface area contributed by atoms with Crippen molar-refractivity contribution in [2.45, 2.75) is 11.8 Å². The largest absolute Gasteiger partial charge is 0.326 e. The van der Waals surface area contributed by atoms with Gasteiger partial charge in [-0.15, -0.1) is 0 Å². The van der Waals surface area contributed by atoms with E-state index >= 15 is 0 Å². The summed E-state index contributed by atoms with van der Waals surface area (Å²) in [6.07, 6.45) is 0. The molecule has 2 rings (SSSR count). The second kappa shape index (κ2) is 5.44. The van der Waals surface area contributed by atoms with Crippen molar-refractivity contribution in [2.75, 3.05) is 5.32 Å². The summed E-state index contributed by atoms with van der Waals surface area (Å²) in [4.78, 5) is 11.0. The van der Waals surface area contributed by atoms with Crippen molar-refractivity contribution in [3.05, 3.63) is 48.5 Å². The van der Waals surface area contributed by atoms with Crippen molar-refractivity contribution in [2.24, 2.45) is 5.14 Å². The van der Waals surface area contributed by atoms with Gasteiger partial charge >= 0.3 is 0 Å². The van der Waals surface area contributed by atoms with E-state index in [-0.39, 0.29) is 10.8 Å². The van der Waals surface area contributed by atoms with Crippen LogP contribution in [0.3, 0.4) is 0 Å². The molecule has 0 unspecified atom stereocenters. The molecular weight excluding hydrogens is 276 g/mol. The van der Waals surface area contributed by atoms with Crippen LogP contribution in [0, 0.1) is 0 Å². The number of carbonyl (C=O) groups is 1. The van der Waals surface area contributed by atoms with Crippen LogP contribution in [-0.4, -0.2) is 14.3 Å². The van der Waals surface area contributed by atoms with E-state index in [9.17, 15) is 13.2 Å². The third-order valence-corrected chi connectivity index (χ3v) is 3.61. The Balaban J connectivity index is 2.35. The van der Waals surface area contributed by atoms with Gasteiger partial charge in [0, 0.05) is 12.6 Å². The van der Waals surface area contributed by atoms with Crippen LogP contribution >= 0.6 is 0 Å². The Morgan fingerprint density at radius 2 is 1.70 bits per heavy atom. The monoisotopic (exact) mass is 290 g/mol. The lowest BCUT2D eigenvalue weighted by Crippen LogP contribution is -2.11. The maximum Gasteiger partial charge on any atom is 0.238 e. The number of hydrogen-bond donors (Lipinski definition) is 2. The third kappa shape index (κ3) is 3.43. The second-order valence-corrected chi connectivity index (χ2v) is 5.89. The molecule has 0 saturated carbocycles. The fourth-order valence-corrected chi connectivity index (χ4v) is 2.36. The summed E-state index contributed by atoms with van der Waals surface area (Å²) in [7, 11) is -3.71. The van der Waals surface area contributed by atoms with Crippen molar-refractivity contribution in [1.82, 2.24) is 0 Å². The molecule has 6 heteroatoms. The second-order valence-electron chi connectivity index (χ2n) is 4.33. The van der Waals surface area contributed by atoms with E-state index in [4.69, 9.17) is 5.14 Å². The Labute approximate surface area is 117 Å². The first kappa shape index (κ1) is 14.2. The summed E-state index contributed by atoms with van der Waals surface area (Å²) in [5, 5.41) is 7.77. The van der Waals surface area contributed by atoms with Gasteiger partial charge in [0.1, 0.15) is 0 Å². The van der Waals surface area contributed by atoms with Gasteiger partial charge in [0.2, 0.25) is 15.9 Å². The highest BCUT2D eigenvalue weighted by Crippen LogP contribution is 2.23. The topological polar surface area (TPSA) is 89.3 Å². The SMILES string of the molecule is CC(=O)Nc1ccc(-c2cccc(S(N)(=O)=O)c2)cc1. The average molecular weight is 290 g/mol. The van der Waals surface area contributed by atoms with Crippen LogP contribution in [0.4, 0.5) is 5.69 Å². The summed E-state index contributed by atoms with van der Waals surface area (Å²) < 4.78 is 22.6. The normalized spacial score (nSPS) is 11.1. The van der Waals surface area contributed by atoms with Crippen molar-refractivity contribution >= 4 is 21.6 Å². The number of amides is 1. The van der Waals surface area contributed by atoms with Crippen molar-refractivity contribution in [3.8, 4) is 11.1 Å². The zero-order valence-electron chi connectivity index (χ0n) is 10.8. The van der Waals surface area contributed by atoms with Gasteiger partial charge in [-0.05, 0) is 35.4 Å². The lowest BCUT2D eigenvalue weighted by Gasteiger charge is -2.06. The molecule has 0 aliphatic carbocycles. The molecule has 3 N–H and O–H groups in total. The quantitative estimate of drug-likeness (QED) is 0.905. The van der Waals surface area contributed by atoms with Crippen LogP contribution in [-0.2, 0) is 14.8 Å². The maximum absolute atomic E-state index is 11.3. The predicted octanol–water partition coefficient (Wildman–Crippen LogP) is 1.96. The Kier molecular flexibility index (Phi) is 3.87. The highest BCUT2D eigenvalue weighted by molar-refractivity contribution is 7.89. The number of benzene rings is 2. The first-order valence-corrected chi connectivity index (χ1v) is 7.42. The van der Waals surface area contributed by atoms with Gasteiger partial charge in [0.15, 0.2) is 0 Å². The van der Waals surface area contributed by atoms with Crippen molar-refractivity contribution < 1.29 is 13.2 Å². The molecule has 0 fully saturated rings. The predicted molar refractivity (Wildman–Crippen MR) is 77.6 cm³/mol. The molecule has 0 bridgehead atoms. The Morgan fingerprint density at radius 3 is 2.25 bits per heavy atom. The van der Waals surface area contributed by atoms with Gasteiger partial charge in [-0.3, -0.25) is 4.79 Å². The molecule has 1 amide bonds. The molecular formula is C14H14N2O3S. The summed E-state index contributed by atoms with van der Waals surface area (Å²) in [5.74, 6) is -0.144. The highest BCUT2D eigenvalue weighted by atomic mass is 32.2. The number of rotatable bonds is 3. The van der Waals surface area contributed by atoms with Crippen molar-refractivity contribution in [3.63, 3.8) is 0 Å². The van der Waals surface area contributed by atoms with E-state index in [1.165, 1.54) is 19.1 Å². The molecule has 20 heavy (non-hydrogen) atoms. The van der Waals surface area contributed by atoms with Crippen LogP contribution in [0.25, 0.3) is 11.1 Å². The fourth-order valence-electron chi connectivity index (χ4n) is 1.80. The van der Waals surface area contributed by atoms with Crippen LogP contribution in [0.1, 0.15) is 6.92 Å². The number of nitrogens with one attached hydrogen (secondary N) is 1. The number of primary sulfonamides is 1. The first-order valence-electron chi connectivity index (χ1n) is 5.87. The van der Waals surface area contributed by atoms with E-state index in [1.807, 2.05) is 0 Å². The van der Waals surface area contributed by atoms with Crippen LogP contribution in [0.15, 0.2) is 53.4 Å². The van der Waals surface area contributed by atoms with Gasteiger partial charge in [-0.25, -0.2) is 13.6 Å². The molecule has 0 aliphatic rings. The van der Waals surface area contributed by atoms with Crippen LogP contribution in [0.2, 0.25) is 0 Å². The molecule has 5 nitrogen and oxygen atoms in total. The van der Waals surface area contributed by atoms with E-state index in [0.29, 0.717) is 5.69 Å². The molecule has 0 radical (unpaired) electrons. The molecule has 104 valence electrons. The lowest BCUT2D eigenvalue weighted by molar-refractivity contribution is -0.114. The standard InChI is InChI=1S/C14H14N2O3S/c1-10(17)16-13-7-5-11(6-8-13)12-3-2-4-14(9-12)20(15,18)19/h2-9H,1H3,(H,16,17)(H2,15,18,19). The summed E-state index contributed by atoms with van der Waals surface area (Å²) in [6, 6.07) is 13.5. The van der Waals surface area contributed by atoms with Crippen LogP contribution in [0.5, 0.6) is 0 Å². The van der Waals surface area contributed by atoms with Crippen molar-refractivity contribution in [1.29, 1.82) is 0 Å². The third-order valence-electron chi connectivity index (χ3n) is 2.70. The van der Waals surface area contributed by atoms with Crippen LogP contribution < -0.4 is 10.5 Å². The van der Waals surface area contributed by atoms with E-state index in [1.54, 1.807) is 36.4 Å². The minimum absolute atomic E-state index is 0.0703. The molecule has 0 aromatic heterocycles. The highest BCUT2D eigenvalue weighted by Gasteiger charge is 2.08. The summed E-state index contributed by atoms with van der Waals surface area (Å²) in [5.41, 5.74) is 2.26. The number of anilines is 1. The maximum atomic E-state index is 11.3. The number of sulfonamides is 1. The Bertz CT molecular complexity index is 737. The number of hydrogen-bond acceptors (Lipinski definition) is 3. The van der Waals surface area contributed by atoms with Gasteiger partial charge in [0.25, 0.3) is 0 Å². The molecule has 2 aromatic carbocycles. The smallest absolute Gasteiger partial charge is 0.238 e. The Hall–Kier alpha value is -2.18. The van der Waals surface area contributed by atoms with Gasteiger partial charge in [0.05, 0.1) is 4.90 Å². The summed E-state index contributed by atoms with van der Waals surface area (Å²) in [6.45, 7) is 1.43. The minimum Gasteiger partial charge on any atom is -0.326 e. The van der Waals surface area contributed by atoms with Gasteiger partial charge < -0.3 is 5.32 Å². The molecule has 2 aromatic rings.